The van der Waals surface area contributed by atoms with Crippen LogP contribution in [0.3, 0.4) is 0 Å². The van der Waals surface area contributed by atoms with Gasteiger partial charge >= 0.3 is 0 Å². The van der Waals surface area contributed by atoms with E-state index in [4.69, 9.17) is 0 Å². The van der Waals surface area contributed by atoms with Gasteiger partial charge in [0.1, 0.15) is 11.3 Å². The van der Waals surface area contributed by atoms with Gasteiger partial charge in [-0.15, -0.1) is 0 Å². The van der Waals surface area contributed by atoms with Gasteiger partial charge in [-0.25, -0.2) is 4.98 Å². The monoisotopic (exact) mass is 380 g/mol. The number of thiophene rings is 1. The highest BCUT2D eigenvalue weighted by Gasteiger charge is 2.29. The first kappa shape index (κ1) is 17.6. The number of rotatable bonds is 5. The summed E-state index contributed by atoms with van der Waals surface area (Å²) in [4.78, 5) is 38.8. The van der Waals surface area contributed by atoms with Gasteiger partial charge in [0.05, 0.1) is 0 Å². The van der Waals surface area contributed by atoms with Crippen LogP contribution in [-0.2, 0) is 6.54 Å². The number of amides is 1. The summed E-state index contributed by atoms with van der Waals surface area (Å²) < 4.78 is 0. The molecule has 6 nitrogen and oxygen atoms in total. The van der Waals surface area contributed by atoms with Crippen molar-refractivity contribution in [2.75, 3.05) is 0 Å². The van der Waals surface area contributed by atoms with Crippen LogP contribution in [0.5, 0.6) is 0 Å². The Kier molecular flexibility index (Phi) is 5.11. The normalized spacial score (nSPS) is 14.4. The van der Waals surface area contributed by atoms with E-state index in [1.54, 1.807) is 29.7 Å². The van der Waals surface area contributed by atoms with Gasteiger partial charge in [0, 0.05) is 25.0 Å². The molecule has 0 aliphatic heterocycles. The zero-order valence-corrected chi connectivity index (χ0v) is 15.6. The van der Waals surface area contributed by atoms with Gasteiger partial charge < -0.3 is 9.88 Å². The van der Waals surface area contributed by atoms with E-state index in [2.05, 4.69) is 15.0 Å². The minimum Gasteiger partial charge on any atom is -0.331 e. The lowest BCUT2D eigenvalue weighted by Gasteiger charge is -2.28. The molecule has 0 atom stereocenters. The fourth-order valence-electron chi connectivity index (χ4n) is 3.50. The van der Waals surface area contributed by atoms with Crippen LogP contribution in [-0.4, -0.2) is 31.8 Å². The Labute approximate surface area is 160 Å². The largest absolute Gasteiger partial charge is 0.331 e. The predicted octanol–water partition coefficient (Wildman–Crippen LogP) is 3.48. The molecule has 1 aliphatic carbocycles. The van der Waals surface area contributed by atoms with Crippen molar-refractivity contribution in [3.8, 4) is 11.5 Å². The molecule has 1 saturated carbocycles. The van der Waals surface area contributed by atoms with Crippen LogP contribution < -0.4 is 5.56 Å². The fourth-order valence-corrected chi connectivity index (χ4v) is 4.16. The molecule has 138 valence electrons. The highest BCUT2D eigenvalue weighted by molar-refractivity contribution is 7.07. The number of carbonyl (C=O) groups excluding carboxylic acids is 1. The summed E-state index contributed by atoms with van der Waals surface area (Å²) in [7, 11) is 0. The van der Waals surface area contributed by atoms with Gasteiger partial charge in [-0.05, 0) is 47.4 Å². The number of nitrogens with zero attached hydrogens (tertiary/aromatic N) is 3. The van der Waals surface area contributed by atoms with Gasteiger partial charge in [0.25, 0.3) is 11.5 Å². The number of aromatic amines is 1. The van der Waals surface area contributed by atoms with Crippen LogP contribution in [0.2, 0.25) is 0 Å². The van der Waals surface area contributed by atoms with Crippen LogP contribution in [0.15, 0.2) is 52.2 Å². The average molecular weight is 380 g/mol. The van der Waals surface area contributed by atoms with E-state index in [1.165, 1.54) is 6.20 Å². The molecule has 7 heteroatoms. The number of hydrogen-bond acceptors (Lipinski definition) is 5. The lowest BCUT2D eigenvalue weighted by Crippen LogP contribution is -2.40. The summed E-state index contributed by atoms with van der Waals surface area (Å²) in [5.74, 6) is 0.108. The third kappa shape index (κ3) is 3.83. The van der Waals surface area contributed by atoms with Crippen molar-refractivity contribution in [3.05, 3.63) is 68.9 Å². The summed E-state index contributed by atoms with van der Waals surface area (Å²) in [5.41, 5.74) is 1.31. The number of nitrogens with one attached hydrogen (secondary N) is 1. The second-order valence-electron chi connectivity index (χ2n) is 6.69. The number of pyridine rings is 1. The van der Waals surface area contributed by atoms with Crippen LogP contribution >= 0.6 is 11.3 Å². The smallest absolute Gasteiger partial charge is 0.264 e. The standard InChI is InChI=1S/C20H20N4O2S/c25-19-16(11-22-18(23-19)17-7-3-4-9-21-17)20(26)24(15-5-1-2-6-15)12-14-8-10-27-13-14/h3-4,7-11,13,15H,1-2,5-6,12H2,(H,22,23,25). The van der Waals surface area contributed by atoms with Gasteiger partial charge in [0.2, 0.25) is 0 Å². The molecule has 0 saturated heterocycles. The molecule has 0 spiro atoms. The second-order valence-corrected chi connectivity index (χ2v) is 7.47. The van der Waals surface area contributed by atoms with Crippen molar-refractivity contribution in [1.29, 1.82) is 0 Å². The molecule has 3 heterocycles. The number of carbonyl (C=O) groups is 1. The Balaban J connectivity index is 1.63. The van der Waals surface area contributed by atoms with Gasteiger partial charge in [0.15, 0.2) is 5.82 Å². The second kappa shape index (κ2) is 7.84. The SMILES string of the molecule is O=C(c1cnc(-c2ccccn2)[nH]c1=O)N(Cc1ccsc1)C1CCCC1. The fraction of sp³-hybridized carbons (Fsp3) is 0.300. The van der Waals surface area contributed by atoms with Gasteiger partial charge in [-0.1, -0.05) is 18.9 Å². The minimum atomic E-state index is -0.427. The summed E-state index contributed by atoms with van der Waals surface area (Å²) >= 11 is 1.61. The van der Waals surface area contributed by atoms with E-state index in [1.807, 2.05) is 27.8 Å². The average Bonchev–Trinajstić information content (AvgIpc) is 3.40. The summed E-state index contributed by atoms with van der Waals surface area (Å²) in [6, 6.07) is 7.58. The molecule has 3 aromatic heterocycles. The Morgan fingerprint density at radius 3 is 2.74 bits per heavy atom. The first-order valence-electron chi connectivity index (χ1n) is 9.05. The van der Waals surface area contributed by atoms with Crippen molar-refractivity contribution in [2.45, 2.75) is 38.3 Å². The topological polar surface area (TPSA) is 79.0 Å². The molecule has 1 aliphatic rings. The minimum absolute atomic E-state index is 0.0804. The quantitative estimate of drug-likeness (QED) is 0.735. The molecule has 0 aromatic carbocycles. The number of hydrogen-bond donors (Lipinski definition) is 1. The van der Waals surface area contributed by atoms with Crippen LogP contribution in [0.1, 0.15) is 41.6 Å². The zero-order valence-electron chi connectivity index (χ0n) is 14.8. The van der Waals surface area contributed by atoms with E-state index in [0.717, 1.165) is 31.2 Å². The Bertz CT molecular complexity index is 963. The highest BCUT2D eigenvalue weighted by atomic mass is 32.1. The molecular weight excluding hydrogens is 360 g/mol. The number of aromatic nitrogens is 3. The van der Waals surface area contributed by atoms with E-state index >= 15 is 0 Å². The summed E-state index contributed by atoms with van der Waals surface area (Å²) in [6.45, 7) is 0.522. The lowest BCUT2D eigenvalue weighted by atomic mass is 10.1. The molecule has 1 fully saturated rings. The summed E-state index contributed by atoms with van der Waals surface area (Å²) in [6.07, 6.45) is 7.20. The molecule has 1 N–H and O–H groups in total. The Hall–Kier alpha value is -2.80. The van der Waals surface area contributed by atoms with Crippen LogP contribution in [0.4, 0.5) is 0 Å². The van der Waals surface area contributed by atoms with E-state index < -0.39 is 5.56 Å². The van der Waals surface area contributed by atoms with Gasteiger partial charge in [-0.2, -0.15) is 11.3 Å². The van der Waals surface area contributed by atoms with E-state index in [-0.39, 0.29) is 17.5 Å². The van der Waals surface area contributed by atoms with Crippen molar-refractivity contribution in [3.63, 3.8) is 0 Å². The Morgan fingerprint density at radius 2 is 2.07 bits per heavy atom. The molecule has 0 radical (unpaired) electrons. The molecule has 3 aromatic rings. The van der Waals surface area contributed by atoms with Crippen molar-refractivity contribution in [1.82, 2.24) is 19.9 Å². The molecule has 27 heavy (non-hydrogen) atoms. The maximum Gasteiger partial charge on any atom is 0.264 e. The Morgan fingerprint density at radius 1 is 1.22 bits per heavy atom. The molecule has 4 rings (SSSR count). The van der Waals surface area contributed by atoms with Crippen molar-refractivity contribution in [2.24, 2.45) is 0 Å². The first-order valence-corrected chi connectivity index (χ1v) is 9.99. The maximum atomic E-state index is 13.2. The summed E-state index contributed by atoms with van der Waals surface area (Å²) in [5, 5.41) is 4.05. The van der Waals surface area contributed by atoms with E-state index in [9.17, 15) is 9.59 Å². The lowest BCUT2D eigenvalue weighted by molar-refractivity contribution is 0.0662. The predicted molar refractivity (Wildman–Crippen MR) is 105 cm³/mol. The molecule has 0 bridgehead atoms. The molecule has 0 unspecified atom stereocenters. The van der Waals surface area contributed by atoms with Crippen LogP contribution in [0.25, 0.3) is 11.5 Å². The van der Waals surface area contributed by atoms with Crippen LogP contribution in [0, 0.1) is 0 Å². The maximum absolute atomic E-state index is 13.2. The highest BCUT2D eigenvalue weighted by Crippen LogP contribution is 2.26. The first-order chi connectivity index (χ1) is 13.2. The zero-order chi connectivity index (χ0) is 18.6. The van der Waals surface area contributed by atoms with Gasteiger partial charge in [-0.3, -0.25) is 14.6 Å². The van der Waals surface area contributed by atoms with Crippen molar-refractivity contribution >= 4 is 17.2 Å². The molecular formula is C20H20N4O2S. The third-order valence-electron chi connectivity index (χ3n) is 4.90. The number of H-pyrrole nitrogens is 1. The van der Waals surface area contributed by atoms with Crippen molar-refractivity contribution < 1.29 is 4.79 Å². The molecule has 1 amide bonds. The third-order valence-corrected chi connectivity index (χ3v) is 5.63. The van der Waals surface area contributed by atoms with E-state index in [0.29, 0.717) is 18.1 Å².